The Morgan fingerprint density at radius 2 is 1.93 bits per heavy atom. The molecule has 27 heavy (non-hydrogen) atoms. The Balaban J connectivity index is 1.37. The van der Waals surface area contributed by atoms with Crippen molar-refractivity contribution in [2.45, 2.75) is 19.3 Å². The summed E-state index contributed by atoms with van der Waals surface area (Å²) in [6.45, 7) is 2.06. The molecule has 142 valence electrons. The SMILES string of the molecule is O=C(Cc1ccc(Cl)cc1)NCC1CCN(C(=O)/C=C/c2ccco2)CC1. The van der Waals surface area contributed by atoms with Crippen molar-refractivity contribution in [3.8, 4) is 0 Å². The Kier molecular flexibility index (Phi) is 6.71. The number of benzene rings is 1. The molecule has 2 amide bonds. The van der Waals surface area contributed by atoms with Gasteiger partial charge in [-0.2, -0.15) is 0 Å². The van der Waals surface area contributed by atoms with Gasteiger partial charge in [0.15, 0.2) is 0 Å². The van der Waals surface area contributed by atoms with E-state index < -0.39 is 0 Å². The summed E-state index contributed by atoms with van der Waals surface area (Å²) in [5, 5.41) is 3.67. The van der Waals surface area contributed by atoms with E-state index in [9.17, 15) is 9.59 Å². The van der Waals surface area contributed by atoms with Crippen LogP contribution in [0.1, 0.15) is 24.2 Å². The molecule has 1 aromatic carbocycles. The molecule has 0 aliphatic carbocycles. The van der Waals surface area contributed by atoms with Gasteiger partial charge in [-0.3, -0.25) is 9.59 Å². The average molecular weight is 387 g/mol. The fourth-order valence-electron chi connectivity index (χ4n) is 3.11. The van der Waals surface area contributed by atoms with Gasteiger partial charge >= 0.3 is 0 Å². The second-order valence-electron chi connectivity index (χ2n) is 6.72. The van der Waals surface area contributed by atoms with E-state index in [1.165, 1.54) is 0 Å². The molecule has 1 aliphatic heterocycles. The van der Waals surface area contributed by atoms with E-state index in [-0.39, 0.29) is 11.8 Å². The maximum Gasteiger partial charge on any atom is 0.246 e. The van der Waals surface area contributed by atoms with Crippen LogP contribution in [0.2, 0.25) is 5.02 Å². The van der Waals surface area contributed by atoms with Crippen LogP contribution in [0.25, 0.3) is 6.08 Å². The third-order valence-electron chi connectivity index (χ3n) is 4.73. The molecule has 0 spiro atoms. The number of furan rings is 1. The molecule has 1 aliphatic rings. The van der Waals surface area contributed by atoms with Gasteiger partial charge in [0.1, 0.15) is 5.76 Å². The quantitative estimate of drug-likeness (QED) is 0.772. The lowest BCUT2D eigenvalue weighted by atomic mass is 9.96. The van der Waals surface area contributed by atoms with Crippen LogP contribution in [0.4, 0.5) is 0 Å². The van der Waals surface area contributed by atoms with E-state index in [4.69, 9.17) is 16.0 Å². The number of nitrogens with one attached hydrogen (secondary N) is 1. The monoisotopic (exact) mass is 386 g/mol. The highest BCUT2D eigenvalue weighted by molar-refractivity contribution is 6.30. The Labute approximate surface area is 164 Å². The van der Waals surface area contributed by atoms with Gasteiger partial charge in [0.25, 0.3) is 0 Å². The second-order valence-corrected chi connectivity index (χ2v) is 7.16. The first-order valence-electron chi connectivity index (χ1n) is 9.12. The molecule has 0 atom stereocenters. The van der Waals surface area contributed by atoms with Gasteiger partial charge in [-0.1, -0.05) is 23.7 Å². The van der Waals surface area contributed by atoms with Gasteiger partial charge in [-0.15, -0.1) is 0 Å². The zero-order chi connectivity index (χ0) is 19.1. The lowest BCUT2D eigenvalue weighted by Crippen LogP contribution is -2.41. The number of hydrogen-bond acceptors (Lipinski definition) is 3. The van der Waals surface area contributed by atoms with Gasteiger partial charge in [0.2, 0.25) is 11.8 Å². The highest BCUT2D eigenvalue weighted by Crippen LogP contribution is 2.17. The highest BCUT2D eigenvalue weighted by atomic mass is 35.5. The molecule has 0 unspecified atom stereocenters. The van der Waals surface area contributed by atoms with Crippen LogP contribution in [0, 0.1) is 5.92 Å². The van der Waals surface area contributed by atoms with E-state index in [1.54, 1.807) is 36.6 Å². The Morgan fingerprint density at radius 1 is 1.19 bits per heavy atom. The molecule has 2 heterocycles. The molecular formula is C21H23ClN2O3. The molecule has 1 saturated heterocycles. The number of halogens is 1. The number of amides is 2. The summed E-state index contributed by atoms with van der Waals surface area (Å²) in [7, 11) is 0. The smallest absolute Gasteiger partial charge is 0.246 e. The molecule has 1 fully saturated rings. The van der Waals surface area contributed by atoms with Crippen LogP contribution in [0.3, 0.4) is 0 Å². The van der Waals surface area contributed by atoms with E-state index in [2.05, 4.69) is 5.32 Å². The average Bonchev–Trinajstić information content (AvgIpc) is 3.20. The minimum atomic E-state index is -0.00313. The normalized spacial score (nSPS) is 15.2. The van der Waals surface area contributed by atoms with Gasteiger partial charge in [-0.25, -0.2) is 0 Å². The van der Waals surface area contributed by atoms with E-state index >= 15 is 0 Å². The van der Waals surface area contributed by atoms with Crippen molar-refractivity contribution in [1.29, 1.82) is 0 Å². The van der Waals surface area contributed by atoms with Crippen LogP contribution in [-0.4, -0.2) is 36.3 Å². The van der Waals surface area contributed by atoms with Crippen LogP contribution in [-0.2, 0) is 16.0 Å². The zero-order valence-corrected chi connectivity index (χ0v) is 15.8. The minimum absolute atomic E-state index is 0.00313. The summed E-state index contributed by atoms with van der Waals surface area (Å²) in [5.41, 5.74) is 0.945. The minimum Gasteiger partial charge on any atom is -0.465 e. The van der Waals surface area contributed by atoms with E-state index in [0.717, 1.165) is 18.4 Å². The summed E-state index contributed by atoms with van der Waals surface area (Å²) in [5.74, 6) is 1.08. The number of carbonyl (C=O) groups is 2. The van der Waals surface area contributed by atoms with Crippen molar-refractivity contribution in [2.75, 3.05) is 19.6 Å². The molecule has 1 N–H and O–H groups in total. The Bertz CT molecular complexity index is 776. The summed E-state index contributed by atoms with van der Waals surface area (Å²) in [6.07, 6.45) is 6.95. The number of carbonyl (C=O) groups excluding carboxylic acids is 2. The molecular weight excluding hydrogens is 364 g/mol. The molecule has 3 rings (SSSR count). The summed E-state index contributed by atoms with van der Waals surface area (Å²) in [6, 6.07) is 10.9. The first-order chi connectivity index (χ1) is 13.1. The largest absolute Gasteiger partial charge is 0.465 e. The number of rotatable bonds is 6. The van der Waals surface area contributed by atoms with E-state index in [1.807, 2.05) is 23.1 Å². The fourth-order valence-corrected chi connectivity index (χ4v) is 3.24. The van der Waals surface area contributed by atoms with E-state index in [0.29, 0.717) is 42.8 Å². The molecule has 6 heteroatoms. The maximum absolute atomic E-state index is 12.2. The van der Waals surface area contributed by atoms with Gasteiger partial charge in [0, 0.05) is 30.7 Å². The highest BCUT2D eigenvalue weighted by Gasteiger charge is 2.22. The van der Waals surface area contributed by atoms with Gasteiger partial charge in [-0.05, 0) is 54.7 Å². The van der Waals surface area contributed by atoms with Crippen molar-refractivity contribution >= 4 is 29.5 Å². The zero-order valence-electron chi connectivity index (χ0n) is 15.1. The Morgan fingerprint density at radius 3 is 2.59 bits per heavy atom. The molecule has 2 aromatic rings. The van der Waals surface area contributed by atoms with Crippen LogP contribution >= 0.6 is 11.6 Å². The first-order valence-corrected chi connectivity index (χ1v) is 9.49. The summed E-state index contributed by atoms with van der Waals surface area (Å²) >= 11 is 5.85. The van der Waals surface area contributed by atoms with Crippen molar-refractivity contribution in [1.82, 2.24) is 10.2 Å². The lowest BCUT2D eigenvalue weighted by molar-refractivity contribution is -0.127. The molecule has 1 aromatic heterocycles. The lowest BCUT2D eigenvalue weighted by Gasteiger charge is -2.31. The third kappa shape index (κ3) is 6.00. The predicted octanol–water partition coefficient (Wildman–Crippen LogP) is 3.54. The van der Waals surface area contributed by atoms with Gasteiger partial charge < -0.3 is 14.6 Å². The van der Waals surface area contributed by atoms with Crippen LogP contribution in [0.15, 0.2) is 53.2 Å². The predicted molar refractivity (Wildman–Crippen MR) is 105 cm³/mol. The maximum atomic E-state index is 12.2. The van der Waals surface area contributed by atoms with Gasteiger partial charge in [0.05, 0.1) is 12.7 Å². The first kappa shape index (κ1) is 19.2. The van der Waals surface area contributed by atoms with Crippen LogP contribution in [0.5, 0.6) is 0 Å². The summed E-state index contributed by atoms with van der Waals surface area (Å²) in [4.78, 5) is 26.1. The molecule has 5 nitrogen and oxygen atoms in total. The second kappa shape index (κ2) is 9.42. The molecule has 0 bridgehead atoms. The van der Waals surface area contributed by atoms with Crippen LogP contribution < -0.4 is 5.32 Å². The number of hydrogen-bond donors (Lipinski definition) is 1. The third-order valence-corrected chi connectivity index (χ3v) is 4.98. The van der Waals surface area contributed by atoms with Crippen molar-refractivity contribution in [3.05, 3.63) is 65.1 Å². The molecule has 0 saturated carbocycles. The Hall–Kier alpha value is -2.53. The number of piperidine rings is 1. The van der Waals surface area contributed by atoms with Crippen molar-refractivity contribution in [2.24, 2.45) is 5.92 Å². The number of likely N-dealkylation sites (tertiary alicyclic amines) is 1. The standard InChI is InChI=1S/C21H23ClN2O3/c22-18-5-3-16(4-6-18)14-20(25)23-15-17-9-11-24(12-10-17)21(26)8-7-19-2-1-13-27-19/h1-8,13,17H,9-12,14-15H2,(H,23,25)/b8-7+. The van der Waals surface area contributed by atoms with Crippen molar-refractivity contribution in [3.63, 3.8) is 0 Å². The molecule has 0 radical (unpaired) electrons. The topological polar surface area (TPSA) is 62.6 Å². The fraction of sp³-hybridized carbons (Fsp3) is 0.333. The number of nitrogens with zero attached hydrogens (tertiary/aromatic N) is 1. The summed E-state index contributed by atoms with van der Waals surface area (Å²) < 4.78 is 5.19. The van der Waals surface area contributed by atoms with Crippen molar-refractivity contribution < 1.29 is 14.0 Å².